The van der Waals surface area contributed by atoms with Gasteiger partial charge in [-0.25, -0.2) is 4.79 Å². The fraction of sp³-hybridized carbons (Fsp3) is 0.593. The second-order valence-electron chi connectivity index (χ2n) is 10.6. The molecule has 2 aliphatic rings. The number of nitrogens with zero attached hydrogens (tertiary/aromatic N) is 3. The van der Waals surface area contributed by atoms with Crippen molar-refractivity contribution >= 4 is 28.7 Å². The fourth-order valence-corrected chi connectivity index (χ4v) is 4.71. The summed E-state index contributed by atoms with van der Waals surface area (Å²) in [5, 5.41) is 1.12. The highest BCUT2D eigenvalue weighted by atomic mass is 16.6. The molecule has 1 aromatic carbocycles. The van der Waals surface area contributed by atoms with Crippen LogP contribution in [0.25, 0.3) is 10.9 Å². The summed E-state index contributed by atoms with van der Waals surface area (Å²) in [5.74, 6) is -1.11. The molecule has 8 heteroatoms. The van der Waals surface area contributed by atoms with Crippen molar-refractivity contribution in [3.63, 3.8) is 0 Å². The van der Waals surface area contributed by atoms with Gasteiger partial charge in [-0.05, 0) is 51.7 Å². The summed E-state index contributed by atoms with van der Waals surface area (Å²) in [6.07, 6.45) is 4.60. The minimum Gasteiger partial charge on any atom is -0.444 e. The molecule has 2 heterocycles. The van der Waals surface area contributed by atoms with Gasteiger partial charge in [0.25, 0.3) is 0 Å². The third-order valence-electron chi connectivity index (χ3n) is 6.60. The van der Waals surface area contributed by atoms with Gasteiger partial charge < -0.3 is 23.8 Å². The van der Waals surface area contributed by atoms with Crippen LogP contribution in [0.4, 0.5) is 4.79 Å². The summed E-state index contributed by atoms with van der Waals surface area (Å²) in [4.78, 5) is 42.5. The standard InChI is InChI=1S/C27H37N3O5/c1-27(2,3)35-26(33)29-14-12-24(31)22(18-29)25(32)30(20-10-11-20)17-19-16-28(13-7-15-34-4)23-9-6-5-8-21(19)23/h5-6,8-9,16,20,22H,7,10-15,17-18H2,1-4H3. The maximum atomic E-state index is 13.7. The van der Waals surface area contributed by atoms with Crippen molar-refractivity contribution < 1.29 is 23.9 Å². The number of rotatable bonds is 8. The number of para-hydroxylation sites is 1. The molecule has 1 unspecified atom stereocenters. The summed E-state index contributed by atoms with van der Waals surface area (Å²) < 4.78 is 12.9. The molecular weight excluding hydrogens is 446 g/mol. The van der Waals surface area contributed by atoms with E-state index in [1.54, 1.807) is 7.11 Å². The number of hydrogen-bond acceptors (Lipinski definition) is 5. The molecule has 1 saturated heterocycles. The molecule has 0 radical (unpaired) electrons. The molecule has 0 N–H and O–H groups in total. The van der Waals surface area contributed by atoms with Crippen molar-refractivity contribution in [2.24, 2.45) is 5.92 Å². The normalized spacial score (nSPS) is 18.7. The van der Waals surface area contributed by atoms with E-state index >= 15 is 0 Å². The molecule has 0 spiro atoms. The number of aromatic nitrogens is 1. The number of ketones is 1. The summed E-state index contributed by atoms with van der Waals surface area (Å²) in [6, 6.07) is 8.36. The first-order chi connectivity index (χ1) is 16.7. The first-order valence-electron chi connectivity index (χ1n) is 12.5. The summed E-state index contributed by atoms with van der Waals surface area (Å²) in [7, 11) is 1.70. The third-order valence-corrected chi connectivity index (χ3v) is 6.60. The predicted octanol–water partition coefficient (Wildman–Crippen LogP) is 3.99. The Labute approximate surface area is 207 Å². The molecule has 2 amide bonds. The number of ether oxygens (including phenoxy) is 2. The molecule has 1 saturated carbocycles. The maximum Gasteiger partial charge on any atom is 0.410 e. The van der Waals surface area contributed by atoms with Crippen LogP contribution in [0.5, 0.6) is 0 Å². The number of amides is 2. The average molecular weight is 484 g/mol. The van der Waals surface area contributed by atoms with Crippen LogP contribution in [0.15, 0.2) is 30.5 Å². The average Bonchev–Trinajstić information content (AvgIpc) is 3.59. The van der Waals surface area contributed by atoms with Gasteiger partial charge in [0.2, 0.25) is 5.91 Å². The van der Waals surface area contributed by atoms with Crippen LogP contribution in [0, 0.1) is 5.92 Å². The van der Waals surface area contributed by atoms with Gasteiger partial charge in [0.05, 0.1) is 0 Å². The van der Waals surface area contributed by atoms with Gasteiger partial charge >= 0.3 is 6.09 Å². The Kier molecular flexibility index (Phi) is 7.50. The van der Waals surface area contributed by atoms with Crippen molar-refractivity contribution in [1.82, 2.24) is 14.4 Å². The number of methoxy groups -OCH3 is 1. The lowest BCUT2D eigenvalue weighted by Gasteiger charge is -2.35. The summed E-state index contributed by atoms with van der Waals surface area (Å²) in [6.45, 7) is 7.77. The van der Waals surface area contributed by atoms with E-state index in [-0.39, 0.29) is 37.2 Å². The van der Waals surface area contributed by atoms with Crippen LogP contribution in [0.2, 0.25) is 0 Å². The lowest BCUT2D eigenvalue weighted by molar-refractivity contribution is -0.144. The van der Waals surface area contributed by atoms with Crippen molar-refractivity contribution in [3.05, 3.63) is 36.0 Å². The Hall–Kier alpha value is -2.87. The number of benzene rings is 1. The van der Waals surface area contributed by atoms with E-state index in [1.807, 2.05) is 37.8 Å². The molecule has 0 bridgehead atoms. The lowest BCUT2D eigenvalue weighted by atomic mass is 9.94. The minimum absolute atomic E-state index is 0.0780. The number of fused-ring (bicyclic) bond motifs is 1. The molecule has 8 nitrogen and oxygen atoms in total. The summed E-state index contributed by atoms with van der Waals surface area (Å²) >= 11 is 0. The van der Waals surface area contributed by atoms with E-state index in [2.05, 4.69) is 22.9 Å². The van der Waals surface area contributed by atoms with Crippen molar-refractivity contribution in [2.45, 2.75) is 71.2 Å². The molecule has 2 fully saturated rings. The number of carbonyl (C=O) groups is 3. The van der Waals surface area contributed by atoms with Crippen LogP contribution in [0.3, 0.4) is 0 Å². The van der Waals surface area contributed by atoms with E-state index < -0.39 is 17.6 Å². The molecule has 1 atom stereocenters. The van der Waals surface area contributed by atoms with Crippen molar-refractivity contribution in [2.75, 3.05) is 26.8 Å². The number of aryl methyl sites for hydroxylation is 1. The van der Waals surface area contributed by atoms with Crippen LogP contribution in [-0.2, 0) is 32.2 Å². The number of Topliss-reactive ketones (excluding diaryl/α,β-unsaturated/α-hetero) is 1. The zero-order chi connectivity index (χ0) is 25.2. The fourth-order valence-electron chi connectivity index (χ4n) is 4.71. The first-order valence-corrected chi connectivity index (χ1v) is 12.5. The van der Waals surface area contributed by atoms with Crippen LogP contribution in [-0.4, -0.2) is 70.6 Å². The monoisotopic (exact) mass is 483 g/mol. The van der Waals surface area contributed by atoms with Gasteiger partial charge in [0, 0.05) is 69.5 Å². The molecule has 190 valence electrons. The highest BCUT2D eigenvalue weighted by Gasteiger charge is 2.42. The van der Waals surface area contributed by atoms with Gasteiger partial charge in [0.1, 0.15) is 17.3 Å². The topological polar surface area (TPSA) is 81.1 Å². The zero-order valence-electron chi connectivity index (χ0n) is 21.3. The largest absolute Gasteiger partial charge is 0.444 e. The second-order valence-corrected chi connectivity index (χ2v) is 10.6. The predicted molar refractivity (Wildman–Crippen MR) is 133 cm³/mol. The number of carbonyl (C=O) groups excluding carboxylic acids is 3. The molecular formula is C27H37N3O5. The first kappa shape index (κ1) is 25.2. The number of likely N-dealkylation sites (tertiary alicyclic amines) is 1. The van der Waals surface area contributed by atoms with Gasteiger partial charge in [-0.1, -0.05) is 18.2 Å². The SMILES string of the molecule is COCCCn1cc(CN(C(=O)C2CN(C(=O)OC(C)(C)C)CCC2=O)C2CC2)c2ccccc21. The highest BCUT2D eigenvalue weighted by molar-refractivity contribution is 6.03. The molecule has 1 aromatic heterocycles. The Morgan fingerprint density at radius 3 is 2.60 bits per heavy atom. The quantitative estimate of drug-likeness (QED) is 0.419. The van der Waals surface area contributed by atoms with Gasteiger partial charge in [-0.15, -0.1) is 0 Å². The number of hydrogen-bond donors (Lipinski definition) is 0. The lowest BCUT2D eigenvalue weighted by Crippen LogP contribution is -2.52. The van der Waals surface area contributed by atoms with E-state index in [1.165, 1.54) is 4.90 Å². The van der Waals surface area contributed by atoms with Gasteiger partial charge in [0.15, 0.2) is 0 Å². The molecule has 1 aliphatic carbocycles. The summed E-state index contributed by atoms with van der Waals surface area (Å²) in [5.41, 5.74) is 1.58. The number of piperidine rings is 1. The third kappa shape index (κ3) is 6.04. The Morgan fingerprint density at radius 1 is 1.17 bits per heavy atom. The zero-order valence-corrected chi connectivity index (χ0v) is 21.3. The molecule has 1 aliphatic heterocycles. The van der Waals surface area contributed by atoms with E-state index in [9.17, 15) is 14.4 Å². The van der Waals surface area contributed by atoms with E-state index in [0.717, 1.165) is 42.3 Å². The van der Waals surface area contributed by atoms with Gasteiger partial charge in [-0.2, -0.15) is 0 Å². The Balaban J connectivity index is 1.53. The maximum absolute atomic E-state index is 13.7. The smallest absolute Gasteiger partial charge is 0.410 e. The van der Waals surface area contributed by atoms with Crippen molar-refractivity contribution in [1.29, 1.82) is 0 Å². The minimum atomic E-state index is -0.841. The molecule has 4 rings (SSSR count). The van der Waals surface area contributed by atoms with Crippen molar-refractivity contribution in [3.8, 4) is 0 Å². The van der Waals surface area contributed by atoms with Gasteiger partial charge in [-0.3, -0.25) is 9.59 Å². The van der Waals surface area contributed by atoms with E-state index in [0.29, 0.717) is 13.2 Å². The Bertz CT molecular complexity index is 1080. The second kappa shape index (κ2) is 10.4. The van der Waals surface area contributed by atoms with Crippen LogP contribution < -0.4 is 0 Å². The highest BCUT2D eigenvalue weighted by Crippen LogP contribution is 2.33. The van der Waals surface area contributed by atoms with Crippen LogP contribution in [0.1, 0.15) is 52.0 Å². The Morgan fingerprint density at radius 2 is 1.91 bits per heavy atom. The molecule has 2 aromatic rings. The van der Waals surface area contributed by atoms with E-state index in [4.69, 9.17) is 9.47 Å². The van der Waals surface area contributed by atoms with Crippen LogP contribution >= 0.6 is 0 Å². The molecule has 35 heavy (non-hydrogen) atoms.